The van der Waals surface area contributed by atoms with E-state index in [1.807, 2.05) is 37.3 Å². The van der Waals surface area contributed by atoms with Crippen molar-refractivity contribution in [3.8, 4) is 5.75 Å². The minimum atomic E-state index is -4.08. The van der Waals surface area contributed by atoms with E-state index in [1.54, 1.807) is 66.7 Å². The summed E-state index contributed by atoms with van der Waals surface area (Å²) in [6.45, 7) is 1.36. The van der Waals surface area contributed by atoms with Gasteiger partial charge in [-0.3, -0.25) is 13.9 Å². The van der Waals surface area contributed by atoms with E-state index in [4.69, 9.17) is 4.74 Å². The highest BCUT2D eigenvalue weighted by Gasteiger charge is 2.27. The van der Waals surface area contributed by atoms with Gasteiger partial charge in [0.1, 0.15) is 12.3 Å². The summed E-state index contributed by atoms with van der Waals surface area (Å²) in [7, 11) is -2.57. The van der Waals surface area contributed by atoms with Gasteiger partial charge in [0.2, 0.25) is 5.91 Å². The number of sulfonamides is 1. The summed E-state index contributed by atoms with van der Waals surface area (Å²) in [4.78, 5) is 26.4. The van der Waals surface area contributed by atoms with E-state index in [1.165, 1.54) is 19.2 Å². The predicted octanol–water partition coefficient (Wildman–Crippen LogP) is 5.02. The van der Waals surface area contributed by atoms with Crippen LogP contribution in [0.25, 0.3) is 0 Å². The molecule has 2 N–H and O–H groups in total. The lowest BCUT2D eigenvalue weighted by Gasteiger charge is -2.24. The Bertz CT molecular complexity index is 1530. The van der Waals surface area contributed by atoms with Crippen molar-refractivity contribution in [3.05, 3.63) is 120 Å². The third-order valence-electron chi connectivity index (χ3n) is 6.07. The molecule has 0 spiro atoms. The molecule has 0 aliphatic rings. The molecule has 4 aromatic carbocycles. The van der Waals surface area contributed by atoms with Crippen LogP contribution in [0.1, 0.15) is 28.9 Å². The normalized spacial score (nSPS) is 11.7. The molecule has 0 bridgehead atoms. The van der Waals surface area contributed by atoms with Crippen molar-refractivity contribution in [2.24, 2.45) is 0 Å². The number of carbonyl (C=O) groups excluding carboxylic acids is 2. The molecule has 0 unspecified atom stereocenters. The summed E-state index contributed by atoms with van der Waals surface area (Å²) in [6.07, 6.45) is 0. The Hall–Kier alpha value is -4.63. The summed E-state index contributed by atoms with van der Waals surface area (Å²) >= 11 is 0. The van der Waals surface area contributed by atoms with Crippen molar-refractivity contribution in [3.63, 3.8) is 0 Å². The van der Waals surface area contributed by atoms with E-state index in [9.17, 15) is 18.0 Å². The molecule has 39 heavy (non-hydrogen) atoms. The average molecular weight is 544 g/mol. The summed E-state index contributed by atoms with van der Waals surface area (Å²) in [5, 5.41) is 5.66. The number of carbonyl (C=O) groups is 2. The molecule has 0 saturated carbocycles. The number of para-hydroxylation sites is 1. The van der Waals surface area contributed by atoms with Gasteiger partial charge in [-0.15, -0.1) is 0 Å². The topological polar surface area (TPSA) is 105 Å². The van der Waals surface area contributed by atoms with E-state index >= 15 is 0 Å². The van der Waals surface area contributed by atoms with Gasteiger partial charge in [-0.05, 0) is 61.0 Å². The van der Waals surface area contributed by atoms with Gasteiger partial charge in [0.05, 0.1) is 35.0 Å². The summed E-state index contributed by atoms with van der Waals surface area (Å²) in [5.41, 5.74) is 1.76. The molecule has 0 aromatic heterocycles. The lowest BCUT2D eigenvalue weighted by molar-refractivity contribution is -0.114. The first-order chi connectivity index (χ1) is 18.8. The zero-order valence-electron chi connectivity index (χ0n) is 21.6. The highest BCUT2D eigenvalue weighted by atomic mass is 32.2. The van der Waals surface area contributed by atoms with Crippen molar-refractivity contribution in [1.82, 2.24) is 5.32 Å². The number of hydrogen-bond acceptors (Lipinski definition) is 5. The molecule has 0 fully saturated rings. The van der Waals surface area contributed by atoms with Crippen molar-refractivity contribution in [2.75, 3.05) is 23.3 Å². The second kappa shape index (κ2) is 12.3. The number of ether oxygens (including phenoxy) is 1. The van der Waals surface area contributed by atoms with Crippen molar-refractivity contribution in [1.29, 1.82) is 0 Å². The minimum Gasteiger partial charge on any atom is -0.497 e. The lowest BCUT2D eigenvalue weighted by Crippen LogP contribution is -2.38. The molecule has 200 valence electrons. The Kier molecular flexibility index (Phi) is 8.63. The van der Waals surface area contributed by atoms with Crippen molar-refractivity contribution < 1.29 is 22.7 Å². The number of rotatable bonds is 10. The van der Waals surface area contributed by atoms with E-state index in [0.29, 0.717) is 5.75 Å². The summed E-state index contributed by atoms with van der Waals surface area (Å²) in [5.74, 6) is -0.433. The third kappa shape index (κ3) is 6.63. The van der Waals surface area contributed by atoms with Crippen LogP contribution in [-0.2, 0) is 14.8 Å². The van der Waals surface area contributed by atoms with Crippen LogP contribution >= 0.6 is 0 Å². The molecule has 0 saturated heterocycles. The van der Waals surface area contributed by atoms with Crippen LogP contribution in [-0.4, -0.2) is 33.9 Å². The van der Waals surface area contributed by atoms with Crippen LogP contribution in [0.4, 0.5) is 11.4 Å². The SMILES string of the molecule is COc1ccc(N(CC(=O)Nc2ccccc2C(=O)N[C@@H](C)c2ccccc2)S(=O)(=O)c2ccccc2)cc1. The Morgan fingerprint density at radius 2 is 1.41 bits per heavy atom. The third-order valence-corrected chi connectivity index (χ3v) is 7.86. The number of amides is 2. The van der Waals surface area contributed by atoms with Crippen LogP contribution in [0.15, 0.2) is 114 Å². The average Bonchev–Trinajstić information content (AvgIpc) is 2.97. The Morgan fingerprint density at radius 1 is 0.821 bits per heavy atom. The maximum atomic E-state index is 13.6. The molecular formula is C30H29N3O5S. The van der Waals surface area contributed by atoms with Gasteiger partial charge in [0.25, 0.3) is 15.9 Å². The van der Waals surface area contributed by atoms with E-state index in [0.717, 1.165) is 9.87 Å². The fourth-order valence-electron chi connectivity index (χ4n) is 3.99. The molecule has 2 amide bonds. The molecule has 0 radical (unpaired) electrons. The number of hydrogen-bond donors (Lipinski definition) is 2. The summed E-state index contributed by atoms with van der Waals surface area (Å²) in [6, 6.07) is 30.1. The number of nitrogens with one attached hydrogen (secondary N) is 2. The molecule has 1 atom stereocenters. The van der Waals surface area contributed by atoms with Crippen LogP contribution in [0.2, 0.25) is 0 Å². The highest BCUT2D eigenvalue weighted by molar-refractivity contribution is 7.92. The molecule has 0 aliphatic carbocycles. The van der Waals surface area contributed by atoms with E-state index < -0.39 is 22.5 Å². The quantitative estimate of drug-likeness (QED) is 0.292. The largest absolute Gasteiger partial charge is 0.497 e. The molecular weight excluding hydrogens is 514 g/mol. The molecule has 8 nitrogen and oxygen atoms in total. The lowest BCUT2D eigenvalue weighted by atomic mass is 10.1. The Balaban J connectivity index is 1.57. The number of benzene rings is 4. The highest BCUT2D eigenvalue weighted by Crippen LogP contribution is 2.26. The van der Waals surface area contributed by atoms with Gasteiger partial charge >= 0.3 is 0 Å². The molecule has 4 rings (SSSR count). The van der Waals surface area contributed by atoms with Crippen LogP contribution in [0.3, 0.4) is 0 Å². The monoisotopic (exact) mass is 543 g/mol. The van der Waals surface area contributed by atoms with Crippen LogP contribution < -0.4 is 19.7 Å². The number of nitrogens with zero attached hydrogens (tertiary/aromatic N) is 1. The molecule has 9 heteroatoms. The van der Waals surface area contributed by atoms with Crippen LogP contribution in [0.5, 0.6) is 5.75 Å². The number of methoxy groups -OCH3 is 1. The molecule has 0 aliphatic heterocycles. The fourth-order valence-corrected chi connectivity index (χ4v) is 5.43. The minimum absolute atomic E-state index is 0.0447. The van der Waals surface area contributed by atoms with E-state index in [-0.39, 0.29) is 33.8 Å². The van der Waals surface area contributed by atoms with Gasteiger partial charge in [-0.25, -0.2) is 8.42 Å². The summed E-state index contributed by atoms with van der Waals surface area (Å²) < 4.78 is 33.3. The van der Waals surface area contributed by atoms with Gasteiger partial charge in [0.15, 0.2) is 0 Å². The second-order valence-electron chi connectivity index (χ2n) is 8.72. The number of anilines is 2. The standard InChI is InChI=1S/C30H29N3O5S/c1-22(23-11-5-3-6-12-23)31-30(35)27-15-9-10-16-28(27)32-29(34)21-33(24-17-19-25(38-2)20-18-24)39(36,37)26-13-7-4-8-14-26/h3-20,22H,21H2,1-2H3,(H,31,35)(H,32,34)/t22-/m0/s1. The zero-order valence-corrected chi connectivity index (χ0v) is 22.4. The fraction of sp³-hybridized carbons (Fsp3) is 0.133. The molecule has 4 aromatic rings. The van der Waals surface area contributed by atoms with Gasteiger partial charge in [-0.1, -0.05) is 60.7 Å². The van der Waals surface area contributed by atoms with Gasteiger partial charge < -0.3 is 15.4 Å². The first kappa shape index (κ1) is 27.4. The van der Waals surface area contributed by atoms with Crippen molar-refractivity contribution in [2.45, 2.75) is 17.9 Å². The maximum Gasteiger partial charge on any atom is 0.264 e. The molecule has 0 heterocycles. The first-order valence-corrected chi connectivity index (χ1v) is 13.7. The zero-order chi connectivity index (χ0) is 27.8. The smallest absolute Gasteiger partial charge is 0.264 e. The Morgan fingerprint density at radius 3 is 2.05 bits per heavy atom. The van der Waals surface area contributed by atoms with Crippen molar-refractivity contribution >= 4 is 33.2 Å². The predicted molar refractivity (Wildman–Crippen MR) is 151 cm³/mol. The van der Waals surface area contributed by atoms with Crippen LogP contribution in [0, 0.1) is 0 Å². The van der Waals surface area contributed by atoms with Gasteiger partial charge in [-0.2, -0.15) is 0 Å². The van der Waals surface area contributed by atoms with Gasteiger partial charge in [0, 0.05) is 0 Å². The second-order valence-corrected chi connectivity index (χ2v) is 10.6. The Labute approximate surface area is 228 Å². The first-order valence-electron chi connectivity index (χ1n) is 12.3. The van der Waals surface area contributed by atoms with E-state index in [2.05, 4.69) is 10.6 Å². The maximum absolute atomic E-state index is 13.6.